The molecule has 1 N–H and O–H groups in total. The number of nitrogens with zero attached hydrogens (tertiary/aromatic N) is 3. The van der Waals surface area contributed by atoms with E-state index in [1.54, 1.807) is 51.2 Å². The number of fused-ring (bicyclic) bond motifs is 1. The van der Waals surface area contributed by atoms with E-state index in [4.69, 9.17) is 9.72 Å². The van der Waals surface area contributed by atoms with Gasteiger partial charge in [0.05, 0.1) is 28.8 Å². The Kier molecular flexibility index (Phi) is 8.15. The average molecular weight is 599 g/mol. The zero-order valence-corrected chi connectivity index (χ0v) is 23.8. The highest BCUT2D eigenvalue weighted by atomic mass is 79.9. The molecule has 0 bridgehead atoms. The second kappa shape index (κ2) is 11.2. The Morgan fingerprint density at radius 2 is 1.77 bits per heavy atom. The minimum Gasteiger partial charge on any atom is -0.444 e. The Morgan fingerprint density at radius 1 is 1.08 bits per heavy atom. The zero-order chi connectivity index (χ0) is 28.5. The Balaban J connectivity index is 1.94. The maximum Gasteiger partial charge on any atom is 0.408 e. The van der Waals surface area contributed by atoms with Gasteiger partial charge in [-0.05, 0) is 74.7 Å². The molecule has 0 saturated heterocycles. The van der Waals surface area contributed by atoms with Crippen molar-refractivity contribution < 1.29 is 18.3 Å². The van der Waals surface area contributed by atoms with Gasteiger partial charge >= 0.3 is 6.09 Å². The summed E-state index contributed by atoms with van der Waals surface area (Å²) in [5.41, 5.74) is 0.717. The van der Waals surface area contributed by atoms with Crippen LogP contribution in [0.1, 0.15) is 63.7 Å². The van der Waals surface area contributed by atoms with Gasteiger partial charge in [0, 0.05) is 22.7 Å². The van der Waals surface area contributed by atoms with Crippen molar-refractivity contribution in [1.29, 1.82) is 0 Å². The minimum atomic E-state index is -0.998. The van der Waals surface area contributed by atoms with Crippen LogP contribution in [0.2, 0.25) is 0 Å². The molecule has 4 aromatic rings. The molecule has 2 aromatic heterocycles. The number of carbonyl (C=O) groups is 1. The number of ether oxygens (including phenoxy) is 1. The van der Waals surface area contributed by atoms with Crippen molar-refractivity contribution in [1.82, 2.24) is 19.9 Å². The van der Waals surface area contributed by atoms with Crippen LogP contribution in [-0.2, 0) is 11.2 Å². The molecular formula is C29H29BrF2N4O3. The van der Waals surface area contributed by atoms with Crippen molar-refractivity contribution in [3.8, 4) is 5.69 Å². The van der Waals surface area contributed by atoms with Gasteiger partial charge in [-0.2, -0.15) is 0 Å². The van der Waals surface area contributed by atoms with Gasteiger partial charge in [-0.15, -0.1) is 0 Å². The fourth-order valence-electron chi connectivity index (χ4n) is 4.15. The van der Waals surface area contributed by atoms with Crippen molar-refractivity contribution >= 4 is 32.9 Å². The second-order valence-corrected chi connectivity index (χ2v) is 11.5. The zero-order valence-electron chi connectivity index (χ0n) is 22.3. The lowest BCUT2D eigenvalue weighted by Crippen LogP contribution is -2.39. The van der Waals surface area contributed by atoms with Gasteiger partial charge < -0.3 is 10.1 Å². The molecule has 0 aliphatic heterocycles. The molecule has 10 heteroatoms. The minimum absolute atomic E-state index is 0.0720. The number of aromatic nitrogens is 3. The number of benzene rings is 2. The Labute approximate surface area is 233 Å². The topological polar surface area (TPSA) is 86.1 Å². The maximum atomic E-state index is 14.1. The number of rotatable bonds is 6. The number of amides is 1. The van der Waals surface area contributed by atoms with E-state index in [-0.39, 0.29) is 29.3 Å². The molecule has 0 spiro atoms. The smallest absolute Gasteiger partial charge is 0.408 e. The summed E-state index contributed by atoms with van der Waals surface area (Å²) in [5, 5.41) is 3.11. The molecule has 2 heterocycles. The lowest BCUT2D eigenvalue weighted by Gasteiger charge is -2.25. The highest BCUT2D eigenvalue weighted by molar-refractivity contribution is 9.10. The number of halogens is 3. The molecule has 0 saturated carbocycles. The highest BCUT2D eigenvalue weighted by Crippen LogP contribution is 2.25. The van der Waals surface area contributed by atoms with E-state index in [9.17, 15) is 18.4 Å². The Bertz CT molecular complexity index is 1560. The molecule has 0 aliphatic rings. The summed E-state index contributed by atoms with van der Waals surface area (Å²) in [4.78, 5) is 36.1. The van der Waals surface area contributed by atoms with Crippen molar-refractivity contribution in [2.24, 2.45) is 0 Å². The third kappa shape index (κ3) is 6.86. The van der Waals surface area contributed by atoms with Crippen LogP contribution in [0.5, 0.6) is 0 Å². The van der Waals surface area contributed by atoms with Crippen LogP contribution in [0.15, 0.2) is 64.0 Å². The predicted octanol–water partition coefficient (Wildman–Crippen LogP) is 6.75. The van der Waals surface area contributed by atoms with E-state index in [0.29, 0.717) is 21.1 Å². The molecule has 39 heavy (non-hydrogen) atoms. The molecule has 0 aliphatic carbocycles. The maximum absolute atomic E-state index is 14.1. The van der Waals surface area contributed by atoms with Gasteiger partial charge in [0.15, 0.2) is 0 Å². The normalized spacial score (nSPS) is 12.5. The summed E-state index contributed by atoms with van der Waals surface area (Å²) in [6.45, 7) is 9.16. The number of alkyl carbamates (subject to hydrolysis) is 1. The first-order valence-corrected chi connectivity index (χ1v) is 13.2. The van der Waals surface area contributed by atoms with Crippen LogP contribution in [0.4, 0.5) is 13.6 Å². The lowest BCUT2D eigenvalue weighted by atomic mass is 10.0. The quantitative estimate of drug-likeness (QED) is 0.265. The van der Waals surface area contributed by atoms with Gasteiger partial charge in [-0.3, -0.25) is 14.3 Å². The predicted molar refractivity (Wildman–Crippen MR) is 149 cm³/mol. The summed E-state index contributed by atoms with van der Waals surface area (Å²) in [5.74, 6) is -1.20. The summed E-state index contributed by atoms with van der Waals surface area (Å²) in [6.07, 6.45) is 0.726. The van der Waals surface area contributed by atoms with Gasteiger partial charge in [0.1, 0.15) is 23.1 Å². The van der Waals surface area contributed by atoms with Crippen molar-refractivity contribution in [3.63, 3.8) is 0 Å². The number of hydrogen-bond donors (Lipinski definition) is 1. The Morgan fingerprint density at radius 3 is 2.36 bits per heavy atom. The van der Waals surface area contributed by atoms with Crippen molar-refractivity contribution in [2.45, 2.75) is 58.6 Å². The average Bonchev–Trinajstić information content (AvgIpc) is 2.81. The summed E-state index contributed by atoms with van der Waals surface area (Å²) < 4.78 is 35.7. The van der Waals surface area contributed by atoms with Gasteiger partial charge in [-0.1, -0.05) is 29.8 Å². The lowest BCUT2D eigenvalue weighted by molar-refractivity contribution is 0.0500. The van der Waals surface area contributed by atoms with Gasteiger partial charge in [-0.25, -0.2) is 18.6 Å². The molecule has 0 fully saturated rings. The molecule has 1 unspecified atom stereocenters. The fourth-order valence-corrected chi connectivity index (χ4v) is 4.50. The van der Waals surface area contributed by atoms with E-state index in [0.717, 1.165) is 11.8 Å². The SMILES string of the molecule is CC(C)c1ccc(-n2c(C(Cc3cc(F)cc(F)c3)NC(=O)OC(C)(C)C)nc3cc(Br)ccc3c2=O)cn1. The van der Waals surface area contributed by atoms with Crippen LogP contribution < -0.4 is 10.9 Å². The molecule has 2 aromatic carbocycles. The molecule has 7 nitrogen and oxygen atoms in total. The number of nitrogens with one attached hydrogen (secondary N) is 1. The highest BCUT2D eigenvalue weighted by Gasteiger charge is 2.27. The first-order valence-electron chi connectivity index (χ1n) is 12.4. The fraction of sp³-hybridized carbons (Fsp3) is 0.310. The number of carbonyl (C=O) groups excluding carboxylic acids is 1. The van der Waals surface area contributed by atoms with Gasteiger partial charge in [0.2, 0.25) is 0 Å². The van der Waals surface area contributed by atoms with Crippen LogP contribution in [0.25, 0.3) is 16.6 Å². The molecule has 0 radical (unpaired) electrons. The molecule has 4 rings (SSSR count). The number of pyridine rings is 1. The van der Waals surface area contributed by atoms with E-state index >= 15 is 0 Å². The van der Waals surface area contributed by atoms with Crippen molar-refractivity contribution in [3.05, 3.63) is 98.3 Å². The largest absolute Gasteiger partial charge is 0.444 e. The summed E-state index contributed by atoms with van der Waals surface area (Å²) in [6, 6.07) is 10.8. The summed E-state index contributed by atoms with van der Waals surface area (Å²) >= 11 is 3.41. The van der Waals surface area contributed by atoms with Gasteiger partial charge in [0.25, 0.3) is 5.56 Å². The third-order valence-corrected chi connectivity index (χ3v) is 6.34. The van der Waals surface area contributed by atoms with E-state index in [1.165, 1.54) is 16.7 Å². The van der Waals surface area contributed by atoms with Crippen LogP contribution in [0, 0.1) is 11.6 Å². The molecule has 204 valence electrons. The van der Waals surface area contributed by atoms with E-state index in [1.807, 2.05) is 19.9 Å². The second-order valence-electron chi connectivity index (χ2n) is 10.5. The van der Waals surface area contributed by atoms with E-state index in [2.05, 4.69) is 26.2 Å². The molecule has 1 amide bonds. The molecule has 1 atom stereocenters. The summed E-state index contributed by atoms with van der Waals surface area (Å²) in [7, 11) is 0. The first kappa shape index (κ1) is 28.4. The van der Waals surface area contributed by atoms with E-state index < -0.39 is 29.4 Å². The van der Waals surface area contributed by atoms with Crippen molar-refractivity contribution in [2.75, 3.05) is 0 Å². The monoisotopic (exact) mass is 598 g/mol. The Hall–Kier alpha value is -3.66. The van der Waals surface area contributed by atoms with Crippen LogP contribution in [-0.4, -0.2) is 26.2 Å². The number of hydrogen-bond acceptors (Lipinski definition) is 5. The first-order chi connectivity index (χ1) is 18.3. The molecular weight excluding hydrogens is 570 g/mol. The standard InChI is InChI=1S/C29H29BrF2N4O3/c1-16(2)23-9-7-21(15-33-23)36-26(34-24-13-18(30)6-8-22(24)27(36)37)25(35-28(38)39-29(3,4)5)12-17-10-19(31)14-20(32)11-17/h6-11,13-16,25H,12H2,1-5H3,(H,35,38). The third-order valence-electron chi connectivity index (χ3n) is 5.84. The van der Waals surface area contributed by atoms with Crippen LogP contribution in [0.3, 0.4) is 0 Å². The van der Waals surface area contributed by atoms with Crippen LogP contribution >= 0.6 is 15.9 Å².